The maximum atomic E-state index is 12.3. The van der Waals surface area contributed by atoms with E-state index in [9.17, 15) is 4.79 Å². The molecular formula is C15H21NO3. The van der Waals surface area contributed by atoms with Gasteiger partial charge in [0.2, 0.25) is 0 Å². The first kappa shape index (κ1) is 13.9. The Hall–Kier alpha value is -1.55. The van der Waals surface area contributed by atoms with Crippen LogP contribution in [0.4, 0.5) is 0 Å². The highest BCUT2D eigenvalue weighted by molar-refractivity contribution is 5.81. The number of hydrogen-bond acceptors (Lipinski definition) is 3. The van der Waals surface area contributed by atoms with E-state index in [1.165, 1.54) is 5.56 Å². The Kier molecular flexibility index (Phi) is 4.80. The lowest BCUT2D eigenvalue weighted by molar-refractivity contribution is -0.142. The Morgan fingerprint density at radius 1 is 1.32 bits per heavy atom. The fourth-order valence-corrected chi connectivity index (χ4v) is 2.08. The lowest BCUT2D eigenvalue weighted by atomic mass is 10.2. The van der Waals surface area contributed by atoms with Crippen LogP contribution in [0.1, 0.15) is 18.9 Å². The van der Waals surface area contributed by atoms with Gasteiger partial charge in [0.1, 0.15) is 5.75 Å². The molecule has 1 aliphatic rings. The van der Waals surface area contributed by atoms with Crippen molar-refractivity contribution >= 4 is 5.91 Å². The van der Waals surface area contributed by atoms with Crippen molar-refractivity contribution in [1.29, 1.82) is 0 Å². The van der Waals surface area contributed by atoms with Gasteiger partial charge < -0.3 is 14.4 Å². The molecule has 0 bridgehead atoms. The lowest BCUT2D eigenvalue weighted by Gasteiger charge is -2.30. The summed E-state index contributed by atoms with van der Waals surface area (Å²) >= 11 is 0. The minimum atomic E-state index is -0.402. The summed E-state index contributed by atoms with van der Waals surface area (Å²) in [5.74, 6) is 0.811. The predicted molar refractivity (Wildman–Crippen MR) is 73.3 cm³/mol. The van der Waals surface area contributed by atoms with Gasteiger partial charge in [-0.15, -0.1) is 0 Å². The van der Waals surface area contributed by atoms with Gasteiger partial charge in [-0.05, 0) is 25.5 Å². The Balaban J connectivity index is 1.98. The van der Waals surface area contributed by atoms with Crippen LogP contribution in [0.5, 0.6) is 5.75 Å². The molecule has 1 fully saturated rings. The van der Waals surface area contributed by atoms with Crippen LogP contribution >= 0.6 is 0 Å². The molecule has 4 nitrogen and oxygen atoms in total. The largest absolute Gasteiger partial charge is 0.481 e. The molecule has 1 heterocycles. The Labute approximate surface area is 114 Å². The van der Waals surface area contributed by atoms with Gasteiger partial charge in [-0.25, -0.2) is 0 Å². The molecule has 0 aromatic heterocycles. The normalized spacial score (nSPS) is 17.1. The fraction of sp³-hybridized carbons (Fsp3) is 0.533. The van der Waals surface area contributed by atoms with Crippen LogP contribution in [0.15, 0.2) is 24.3 Å². The average Bonchev–Trinajstić information content (AvgIpc) is 2.47. The quantitative estimate of drug-likeness (QED) is 0.834. The lowest BCUT2D eigenvalue weighted by Crippen LogP contribution is -2.47. The molecule has 1 saturated heterocycles. The van der Waals surface area contributed by atoms with Crippen LogP contribution < -0.4 is 4.74 Å². The molecule has 1 atom stereocenters. The number of rotatable bonds is 4. The summed E-state index contributed by atoms with van der Waals surface area (Å²) in [6.07, 6.45) is 0.269. The molecule has 0 saturated carbocycles. The van der Waals surface area contributed by atoms with Crippen LogP contribution in [0, 0.1) is 6.92 Å². The number of carbonyl (C=O) groups excluding carboxylic acids is 1. The number of hydrogen-bond donors (Lipinski definition) is 0. The molecule has 1 aliphatic heterocycles. The maximum Gasteiger partial charge on any atom is 0.263 e. The third-order valence-electron chi connectivity index (χ3n) is 3.27. The number of morpholine rings is 1. The van der Waals surface area contributed by atoms with E-state index in [4.69, 9.17) is 9.47 Å². The van der Waals surface area contributed by atoms with E-state index in [0.717, 1.165) is 5.75 Å². The van der Waals surface area contributed by atoms with Crippen LogP contribution in [-0.2, 0) is 9.53 Å². The molecule has 0 spiro atoms. The molecule has 1 amide bonds. The molecule has 104 valence electrons. The highest BCUT2D eigenvalue weighted by Crippen LogP contribution is 2.16. The predicted octanol–water partition coefficient (Wildman–Crippen LogP) is 2.01. The Morgan fingerprint density at radius 3 is 2.53 bits per heavy atom. The van der Waals surface area contributed by atoms with Crippen molar-refractivity contribution in [3.8, 4) is 5.75 Å². The van der Waals surface area contributed by atoms with Crippen LogP contribution in [0.2, 0.25) is 0 Å². The number of amides is 1. The number of aryl methyl sites for hydroxylation is 1. The van der Waals surface area contributed by atoms with E-state index in [-0.39, 0.29) is 5.91 Å². The van der Waals surface area contributed by atoms with Crippen molar-refractivity contribution < 1.29 is 14.3 Å². The first-order chi connectivity index (χ1) is 9.20. The first-order valence-corrected chi connectivity index (χ1v) is 6.80. The molecule has 19 heavy (non-hydrogen) atoms. The monoisotopic (exact) mass is 263 g/mol. The zero-order valence-electron chi connectivity index (χ0n) is 11.6. The third-order valence-corrected chi connectivity index (χ3v) is 3.27. The van der Waals surface area contributed by atoms with E-state index >= 15 is 0 Å². The minimum Gasteiger partial charge on any atom is -0.481 e. The average molecular weight is 263 g/mol. The molecule has 0 radical (unpaired) electrons. The van der Waals surface area contributed by atoms with E-state index in [0.29, 0.717) is 32.7 Å². The van der Waals surface area contributed by atoms with Crippen molar-refractivity contribution in [2.75, 3.05) is 26.3 Å². The summed E-state index contributed by atoms with van der Waals surface area (Å²) in [6, 6.07) is 7.79. The SMILES string of the molecule is CC[C@H](Oc1ccc(C)cc1)C(=O)N1CCOCC1. The number of ether oxygens (including phenoxy) is 2. The topological polar surface area (TPSA) is 38.8 Å². The van der Waals surface area contributed by atoms with Gasteiger partial charge in [0.25, 0.3) is 5.91 Å². The Morgan fingerprint density at radius 2 is 1.95 bits per heavy atom. The van der Waals surface area contributed by atoms with Crippen molar-refractivity contribution in [3.63, 3.8) is 0 Å². The van der Waals surface area contributed by atoms with Gasteiger partial charge in [0.15, 0.2) is 6.10 Å². The molecule has 0 unspecified atom stereocenters. The first-order valence-electron chi connectivity index (χ1n) is 6.80. The molecule has 2 rings (SSSR count). The van der Waals surface area contributed by atoms with Gasteiger partial charge >= 0.3 is 0 Å². The number of nitrogens with zero attached hydrogens (tertiary/aromatic N) is 1. The maximum absolute atomic E-state index is 12.3. The molecular weight excluding hydrogens is 242 g/mol. The van der Waals surface area contributed by atoms with E-state index in [2.05, 4.69) is 0 Å². The van der Waals surface area contributed by atoms with Gasteiger partial charge in [0.05, 0.1) is 13.2 Å². The molecule has 0 aliphatic carbocycles. The van der Waals surface area contributed by atoms with Crippen LogP contribution in [-0.4, -0.2) is 43.2 Å². The Bertz CT molecular complexity index is 410. The smallest absolute Gasteiger partial charge is 0.263 e. The highest BCUT2D eigenvalue weighted by Gasteiger charge is 2.25. The van der Waals surface area contributed by atoms with E-state index in [1.807, 2.05) is 43.0 Å². The summed E-state index contributed by atoms with van der Waals surface area (Å²) in [7, 11) is 0. The summed E-state index contributed by atoms with van der Waals surface area (Å²) in [5.41, 5.74) is 1.18. The van der Waals surface area contributed by atoms with Crippen molar-refractivity contribution in [2.24, 2.45) is 0 Å². The van der Waals surface area contributed by atoms with Crippen LogP contribution in [0.25, 0.3) is 0 Å². The second-order valence-corrected chi connectivity index (χ2v) is 4.77. The van der Waals surface area contributed by atoms with Crippen molar-refractivity contribution in [1.82, 2.24) is 4.90 Å². The summed E-state index contributed by atoms with van der Waals surface area (Å²) in [5, 5.41) is 0. The zero-order valence-corrected chi connectivity index (χ0v) is 11.6. The number of benzene rings is 1. The summed E-state index contributed by atoms with van der Waals surface area (Å²) in [6.45, 7) is 6.55. The minimum absolute atomic E-state index is 0.0615. The molecule has 4 heteroatoms. The van der Waals surface area contributed by atoms with Gasteiger partial charge in [-0.3, -0.25) is 4.79 Å². The standard InChI is InChI=1S/C15H21NO3/c1-3-14(15(17)16-8-10-18-11-9-16)19-13-6-4-12(2)5-7-13/h4-7,14H,3,8-11H2,1-2H3/t14-/m0/s1. The van der Waals surface area contributed by atoms with E-state index in [1.54, 1.807) is 0 Å². The zero-order chi connectivity index (χ0) is 13.7. The van der Waals surface area contributed by atoms with Gasteiger partial charge in [-0.1, -0.05) is 24.6 Å². The summed E-state index contributed by atoms with van der Waals surface area (Å²) < 4.78 is 11.1. The number of carbonyl (C=O) groups is 1. The van der Waals surface area contributed by atoms with Gasteiger partial charge in [0, 0.05) is 13.1 Å². The molecule has 1 aromatic carbocycles. The highest BCUT2D eigenvalue weighted by atomic mass is 16.5. The van der Waals surface area contributed by atoms with Crippen molar-refractivity contribution in [3.05, 3.63) is 29.8 Å². The summed E-state index contributed by atoms with van der Waals surface area (Å²) in [4.78, 5) is 14.2. The third kappa shape index (κ3) is 3.70. The second-order valence-electron chi connectivity index (χ2n) is 4.77. The van der Waals surface area contributed by atoms with Gasteiger partial charge in [-0.2, -0.15) is 0 Å². The van der Waals surface area contributed by atoms with E-state index < -0.39 is 6.10 Å². The van der Waals surface area contributed by atoms with Crippen molar-refractivity contribution in [2.45, 2.75) is 26.4 Å². The second kappa shape index (κ2) is 6.57. The fourth-order valence-electron chi connectivity index (χ4n) is 2.08. The van der Waals surface area contributed by atoms with Crippen LogP contribution in [0.3, 0.4) is 0 Å². The molecule has 1 aromatic rings. The molecule has 0 N–H and O–H groups in total.